The van der Waals surface area contributed by atoms with Crippen LogP contribution in [0.3, 0.4) is 0 Å². The topological polar surface area (TPSA) is 155 Å². The number of carbonyl (C=O) groups excluding carboxylic acids is 2. The number of amides is 2. The first-order valence-corrected chi connectivity index (χ1v) is 10.7. The third kappa shape index (κ3) is 4.93. The molecule has 0 fully saturated rings. The Morgan fingerprint density at radius 3 is 2.40 bits per heavy atom. The van der Waals surface area contributed by atoms with E-state index in [0.29, 0.717) is 23.6 Å². The van der Waals surface area contributed by atoms with Crippen LogP contribution in [-0.4, -0.2) is 46.1 Å². The first-order valence-electron chi connectivity index (χ1n) is 10.7. The molecule has 3 heterocycles. The van der Waals surface area contributed by atoms with E-state index in [0.717, 1.165) is 0 Å². The van der Waals surface area contributed by atoms with Crippen molar-refractivity contribution in [3.05, 3.63) is 81.7 Å². The highest BCUT2D eigenvalue weighted by atomic mass is 16.6. The molecule has 0 bridgehead atoms. The van der Waals surface area contributed by atoms with Crippen LogP contribution < -0.4 is 10.6 Å². The van der Waals surface area contributed by atoms with E-state index in [9.17, 15) is 19.7 Å². The van der Waals surface area contributed by atoms with Gasteiger partial charge in [-0.2, -0.15) is 15.3 Å². The Morgan fingerprint density at radius 2 is 1.74 bits per heavy atom. The Kier molecular flexibility index (Phi) is 6.40. The van der Waals surface area contributed by atoms with Gasteiger partial charge in [0.2, 0.25) is 0 Å². The second kappa shape index (κ2) is 9.59. The van der Waals surface area contributed by atoms with Crippen molar-refractivity contribution in [2.75, 3.05) is 10.6 Å². The van der Waals surface area contributed by atoms with Crippen LogP contribution in [0.4, 0.5) is 17.1 Å². The molecule has 4 aromatic rings. The Balaban J connectivity index is 1.50. The number of carbonyl (C=O) groups is 2. The lowest BCUT2D eigenvalue weighted by Gasteiger charge is -2.06. The van der Waals surface area contributed by atoms with Gasteiger partial charge in [-0.25, -0.2) is 4.68 Å². The summed E-state index contributed by atoms with van der Waals surface area (Å²) in [6.45, 7) is 5.62. The van der Waals surface area contributed by atoms with E-state index in [1.54, 1.807) is 55.2 Å². The molecular weight excluding hydrogens is 454 g/mol. The molecule has 0 spiro atoms. The van der Waals surface area contributed by atoms with Crippen LogP contribution in [-0.2, 0) is 13.2 Å². The minimum Gasteiger partial charge on any atom is -0.321 e. The van der Waals surface area contributed by atoms with Gasteiger partial charge in [-0.1, -0.05) is 18.2 Å². The van der Waals surface area contributed by atoms with Gasteiger partial charge in [0.15, 0.2) is 11.4 Å². The van der Waals surface area contributed by atoms with Gasteiger partial charge in [0, 0.05) is 24.6 Å². The van der Waals surface area contributed by atoms with Gasteiger partial charge in [0.25, 0.3) is 11.8 Å². The maximum absolute atomic E-state index is 12.9. The van der Waals surface area contributed by atoms with Crippen molar-refractivity contribution in [3.63, 3.8) is 0 Å². The largest absolute Gasteiger partial charge is 0.321 e. The number of aryl methyl sites for hydroxylation is 2. The number of aromatic nitrogens is 6. The Labute approximate surface area is 199 Å². The summed E-state index contributed by atoms with van der Waals surface area (Å²) < 4.78 is 4.43. The van der Waals surface area contributed by atoms with Crippen molar-refractivity contribution in [2.45, 2.75) is 34.0 Å². The van der Waals surface area contributed by atoms with Crippen LogP contribution in [0.5, 0.6) is 0 Å². The van der Waals surface area contributed by atoms with Crippen LogP contribution in [0.1, 0.15) is 39.3 Å². The molecule has 2 N–H and O–H groups in total. The fourth-order valence-corrected chi connectivity index (χ4v) is 3.53. The number of nitrogens with one attached hydrogen (secondary N) is 2. The molecule has 13 heteroatoms. The zero-order valence-electron chi connectivity index (χ0n) is 19.3. The quantitative estimate of drug-likeness (QED) is 0.292. The predicted octanol–water partition coefficient (Wildman–Crippen LogP) is 2.83. The molecule has 4 rings (SSSR count). The third-order valence-electron chi connectivity index (χ3n) is 5.26. The van der Waals surface area contributed by atoms with Crippen LogP contribution in [0.2, 0.25) is 0 Å². The molecule has 35 heavy (non-hydrogen) atoms. The maximum atomic E-state index is 12.9. The summed E-state index contributed by atoms with van der Waals surface area (Å²) in [7, 11) is 0. The molecule has 13 nitrogen and oxygen atoms in total. The molecule has 0 aliphatic carbocycles. The Hall–Kier alpha value is -4.81. The Morgan fingerprint density at radius 1 is 1.00 bits per heavy atom. The summed E-state index contributed by atoms with van der Waals surface area (Å²) in [5, 5.41) is 29.4. The monoisotopic (exact) mass is 477 g/mol. The van der Waals surface area contributed by atoms with E-state index in [-0.39, 0.29) is 29.4 Å². The summed E-state index contributed by atoms with van der Waals surface area (Å²) in [6, 6.07) is 10.4. The highest BCUT2D eigenvalue weighted by Crippen LogP contribution is 2.22. The molecule has 3 aromatic heterocycles. The van der Waals surface area contributed by atoms with E-state index >= 15 is 0 Å². The SMILES string of the molecule is CCn1cc(NC(=O)c2ccn(Cn3nc(C)c([N+](=O)[O-])c3C)n2)c(C(=O)Nc2ccccc2)n1. The van der Waals surface area contributed by atoms with Crippen LogP contribution in [0.15, 0.2) is 48.8 Å². The van der Waals surface area contributed by atoms with Crippen molar-refractivity contribution >= 4 is 28.9 Å². The average Bonchev–Trinajstić information content (AvgIpc) is 3.52. The van der Waals surface area contributed by atoms with Gasteiger partial charge in [-0.3, -0.25) is 29.1 Å². The number of nitrogens with zero attached hydrogens (tertiary/aromatic N) is 7. The summed E-state index contributed by atoms with van der Waals surface area (Å²) >= 11 is 0. The van der Waals surface area contributed by atoms with Crippen molar-refractivity contribution in [1.82, 2.24) is 29.3 Å². The summed E-state index contributed by atoms with van der Waals surface area (Å²) in [5.41, 5.74) is 1.64. The molecule has 0 radical (unpaired) electrons. The van der Waals surface area contributed by atoms with Crippen LogP contribution in [0.25, 0.3) is 0 Å². The van der Waals surface area contributed by atoms with E-state index in [4.69, 9.17) is 0 Å². The lowest BCUT2D eigenvalue weighted by molar-refractivity contribution is -0.386. The molecule has 0 aliphatic rings. The lowest BCUT2D eigenvalue weighted by Crippen LogP contribution is -2.19. The van der Waals surface area contributed by atoms with E-state index in [1.807, 2.05) is 13.0 Å². The van der Waals surface area contributed by atoms with E-state index in [1.165, 1.54) is 15.4 Å². The van der Waals surface area contributed by atoms with E-state index in [2.05, 4.69) is 25.9 Å². The van der Waals surface area contributed by atoms with Gasteiger partial charge in [0.05, 0.1) is 10.6 Å². The van der Waals surface area contributed by atoms with Crippen LogP contribution in [0, 0.1) is 24.0 Å². The third-order valence-corrected chi connectivity index (χ3v) is 5.26. The number of benzene rings is 1. The molecule has 1 aromatic carbocycles. The van der Waals surface area contributed by atoms with Gasteiger partial charge >= 0.3 is 5.69 Å². The fourth-order valence-electron chi connectivity index (χ4n) is 3.53. The van der Waals surface area contributed by atoms with E-state index < -0.39 is 16.7 Å². The highest BCUT2D eigenvalue weighted by Gasteiger charge is 2.23. The molecule has 0 aliphatic heterocycles. The number of nitro groups is 1. The number of rotatable bonds is 8. The first-order chi connectivity index (χ1) is 16.8. The summed E-state index contributed by atoms with van der Waals surface area (Å²) in [5.74, 6) is -0.997. The molecule has 0 saturated heterocycles. The standard InChI is InChI=1S/C22H23N9O4/c1-4-28-12-18(19(27-28)22(33)23-16-8-6-5-7-9-16)24-21(32)17-10-11-29(26-17)13-30-15(3)20(31(34)35)14(2)25-30/h5-12H,4,13H2,1-3H3,(H,23,33)(H,24,32). The van der Waals surface area contributed by atoms with Crippen LogP contribution >= 0.6 is 0 Å². The van der Waals surface area contributed by atoms with Gasteiger partial charge in [-0.05, 0) is 39.0 Å². The fraction of sp³-hybridized carbons (Fsp3) is 0.227. The zero-order chi connectivity index (χ0) is 25.1. The number of anilines is 2. The van der Waals surface area contributed by atoms with Gasteiger partial charge in [-0.15, -0.1) is 0 Å². The molecule has 0 saturated carbocycles. The molecule has 2 amide bonds. The Bertz CT molecular complexity index is 1400. The minimum absolute atomic E-state index is 0.0515. The molecule has 180 valence electrons. The first kappa shape index (κ1) is 23.4. The number of hydrogen-bond acceptors (Lipinski definition) is 7. The number of para-hydroxylation sites is 1. The molecule has 0 unspecified atom stereocenters. The maximum Gasteiger partial charge on any atom is 0.312 e. The summed E-state index contributed by atoms with van der Waals surface area (Å²) in [6.07, 6.45) is 3.14. The minimum atomic E-state index is -0.535. The van der Waals surface area contributed by atoms with Crippen molar-refractivity contribution in [1.29, 1.82) is 0 Å². The second-order valence-corrected chi connectivity index (χ2v) is 7.68. The second-order valence-electron chi connectivity index (χ2n) is 7.68. The van der Waals surface area contributed by atoms with Gasteiger partial charge in [0.1, 0.15) is 18.1 Å². The number of hydrogen-bond donors (Lipinski definition) is 2. The average molecular weight is 477 g/mol. The zero-order valence-corrected chi connectivity index (χ0v) is 19.3. The lowest BCUT2D eigenvalue weighted by atomic mass is 10.3. The summed E-state index contributed by atoms with van der Waals surface area (Å²) in [4.78, 5) is 36.4. The normalized spacial score (nSPS) is 10.8. The van der Waals surface area contributed by atoms with Crippen molar-refractivity contribution < 1.29 is 14.5 Å². The molecule has 0 atom stereocenters. The smallest absolute Gasteiger partial charge is 0.312 e. The highest BCUT2D eigenvalue weighted by molar-refractivity contribution is 6.10. The predicted molar refractivity (Wildman–Crippen MR) is 126 cm³/mol. The molecular formula is C22H23N9O4. The van der Waals surface area contributed by atoms with Crippen molar-refractivity contribution in [2.24, 2.45) is 0 Å². The van der Waals surface area contributed by atoms with Gasteiger partial charge < -0.3 is 10.6 Å². The van der Waals surface area contributed by atoms with Crippen molar-refractivity contribution in [3.8, 4) is 0 Å².